The van der Waals surface area contributed by atoms with E-state index in [1.165, 1.54) is 75.3 Å². The molecule has 208 valence electrons. The van der Waals surface area contributed by atoms with E-state index in [2.05, 4.69) is 45.9 Å². The van der Waals surface area contributed by atoms with E-state index in [9.17, 15) is 4.79 Å². The number of rotatable bonds is 2. The van der Waals surface area contributed by atoms with E-state index in [1.54, 1.807) is 0 Å². The van der Waals surface area contributed by atoms with E-state index in [4.69, 9.17) is 4.74 Å². The second kappa shape index (κ2) is 8.97. The Hall–Kier alpha value is -1.57. The molecule has 5 aliphatic rings. The van der Waals surface area contributed by atoms with Crippen molar-refractivity contribution in [2.24, 2.45) is 51.8 Å². The Morgan fingerprint density at radius 2 is 1.50 bits per heavy atom. The summed E-state index contributed by atoms with van der Waals surface area (Å²) in [6, 6.07) is 8.25. The van der Waals surface area contributed by atoms with Crippen LogP contribution in [0.3, 0.4) is 0 Å². The molecule has 1 aromatic carbocycles. The molecule has 0 saturated heterocycles. The Balaban J connectivity index is 1.24. The summed E-state index contributed by atoms with van der Waals surface area (Å²) < 4.78 is 5.60. The lowest BCUT2D eigenvalue weighted by Gasteiger charge is -2.64. The monoisotopic (exact) mass is 516 g/mol. The van der Waals surface area contributed by atoms with Crippen molar-refractivity contribution in [2.45, 2.75) is 118 Å². The zero-order valence-corrected chi connectivity index (χ0v) is 25.2. The predicted octanol–water partition coefficient (Wildman–Crippen LogP) is 9.73. The Bertz CT molecular complexity index is 1100. The van der Waals surface area contributed by atoms with Crippen LogP contribution >= 0.6 is 0 Å². The van der Waals surface area contributed by atoms with Crippen molar-refractivity contribution in [3.05, 3.63) is 41.5 Å². The maximum absolute atomic E-state index is 12.6. The smallest absolute Gasteiger partial charge is 0.338 e. The van der Waals surface area contributed by atoms with Crippen LogP contribution in [0.2, 0.25) is 0 Å². The zero-order valence-electron chi connectivity index (χ0n) is 25.2. The molecule has 2 heteroatoms. The van der Waals surface area contributed by atoms with Crippen LogP contribution in [0.25, 0.3) is 5.57 Å². The van der Waals surface area contributed by atoms with Gasteiger partial charge in [0.25, 0.3) is 0 Å². The summed E-state index contributed by atoms with van der Waals surface area (Å²) in [5, 5.41) is 0. The average Bonchev–Trinajstić information content (AvgIpc) is 3.24. The third-order valence-electron chi connectivity index (χ3n) is 12.7. The second-order valence-corrected chi connectivity index (χ2v) is 16.1. The van der Waals surface area contributed by atoms with Crippen molar-refractivity contribution < 1.29 is 9.53 Å². The fraction of sp³-hybridized carbons (Fsp3) is 0.750. The summed E-state index contributed by atoms with van der Waals surface area (Å²) in [4.78, 5) is 12.6. The van der Waals surface area contributed by atoms with Gasteiger partial charge in [-0.05, 0) is 154 Å². The Labute approximate surface area is 232 Å². The molecule has 0 bridgehead atoms. The standard InChI is InChI=1S/C36H52O2/c1-33(2,3)38-32(37)24-12-10-23(11-13-24)28-19-22-36(7)30-16-14-26-25(18-21-35(6)20-8-9-29(26)35)27(30)15-17-31(36)34(28,4)5/h10-13,19,25-27,29-31H,8-9,14-18,20-22H2,1-7H3/t25?,26?,27-,29?,30?,31?,35+,36+/m0/s1. The maximum atomic E-state index is 12.6. The number of esters is 1. The molecule has 0 N–H and O–H groups in total. The number of allylic oxidation sites excluding steroid dienone is 2. The van der Waals surface area contributed by atoms with Gasteiger partial charge in [-0.25, -0.2) is 4.79 Å². The quantitative estimate of drug-likeness (QED) is 0.366. The first-order valence-electron chi connectivity index (χ1n) is 15.9. The molecule has 0 radical (unpaired) electrons. The van der Waals surface area contributed by atoms with E-state index in [0.29, 0.717) is 16.4 Å². The van der Waals surface area contributed by atoms with Crippen LogP contribution < -0.4 is 0 Å². The average molecular weight is 517 g/mol. The molecule has 38 heavy (non-hydrogen) atoms. The van der Waals surface area contributed by atoms with Crippen LogP contribution in [0.4, 0.5) is 0 Å². The van der Waals surface area contributed by atoms with Gasteiger partial charge in [-0.2, -0.15) is 0 Å². The highest BCUT2D eigenvalue weighted by Crippen LogP contribution is 2.69. The predicted molar refractivity (Wildman–Crippen MR) is 157 cm³/mol. The number of carbonyl (C=O) groups excluding carboxylic acids is 1. The number of carbonyl (C=O) groups is 1. The first-order valence-corrected chi connectivity index (χ1v) is 15.9. The highest BCUT2D eigenvalue weighted by molar-refractivity contribution is 5.90. The van der Waals surface area contributed by atoms with Crippen LogP contribution in [-0.2, 0) is 4.74 Å². The van der Waals surface area contributed by atoms with Gasteiger partial charge in [0.2, 0.25) is 0 Å². The zero-order chi connectivity index (χ0) is 27.1. The molecule has 0 aliphatic heterocycles. The van der Waals surface area contributed by atoms with Crippen molar-refractivity contribution in [1.29, 1.82) is 0 Å². The highest BCUT2D eigenvalue weighted by Gasteiger charge is 2.60. The normalized spacial score (nSPS) is 41.7. The largest absolute Gasteiger partial charge is 0.456 e. The third kappa shape index (κ3) is 4.14. The molecule has 0 spiro atoms. The van der Waals surface area contributed by atoms with Crippen LogP contribution in [0.15, 0.2) is 30.3 Å². The minimum Gasteiger partial charge on any atom is -0.456 e. The first kappa shape index (κ1) is 26.6. The van der Waals surface area contributed by atoms with Gasteiger partial charge in [0.05, 0.1) is 5.56 Å². The number of hydrogen-bond donors (Lipinski definition) is 0. The molecule has 0 amide bonds. The van der Waals surface area contributed by atoms with Gasteiger partial charge in [-0.15, -0.1) is 0 Å². The number of ether oxygens (including phenoxy) is 1. The van der Waals surface area contributed by atoms with Gasteiger partial charge in [-0.3, -0.25) is 0 Å². The van der Waals surface area contributed by atoms with Crippen LogP contribution in [0.1, 0.15) is 129 Å². The summed E-state index contributed by atoms with van der Waals surface area (Å²) in [5.74, 6) is 5.37. The summed E-state index contributed by atoms with van der Waals surface area (Å²) in [6.07, 6.45) is 17.1. The van der Waals surface area contributed by atoms with Crippen LogP contribution in [0, 0.1) is 51.8 Å². The lowest BCUT2D eigenvalue weighted by Crippen LogP contribution is -2.56. The molecule has 5 unspecified atom stereocenters. The van der Waals surface area contributed by atoms with Crippen molar-refractivity contribution in [3.63, 3.8) is 0 Å². The van der Waals surface area contributed by atoms with Gasteiger partial charge in [-0.1, -0.05) is 52.3 Å². The Morgan fingerprint density at radius 1 is 0.816 bits per heavy atom. The minimum absolute atomic E-state index is 0.138. The third-order valence-corrected chi connectivity index (χ3v) is 12.7. The van der Waals surface area contributed by atoms with Gasteiger partial charge in [0, 0.05) is 0 Å². The van der Waals surface area contributed by atoms with E-state index in [0.717, 1.165) is 35.5 Å². The second-order valence-electron chi connectivity index (χ2n) is 16.1. The Morgan fingerprint density at radius 3 is 2.21 bits per heavy atom. The maximum Gasteiger partial charge on any atom is 0.338 e. The minimum atomic E-state index is -0.472. The van der Waals surface area contributed by atoms with Crippen molar-refractivity contribution in [3.8, 4) is 0 Å². The SMILES string of the molecule is CC(C)(C)OC(=O)c1ccc(C2=CC[C@]3(C)C4CCC5C(CC[C@@]6(C)CCCC56)[C@@H]4CCC3C2(C)C)cc1. The van der Waals surface area contributed by atoms with E-state index in [-0.39, 0.29) is 11.4 Å². The summed E-state index contributed by atoms with van der Waals surface area (Å²) in [6.45, 7) is 16.1. The first-order chi connectivity index (χ1) is 17.8. The molecule has 4 saturated carbocycles. The highest BCUT2D eigenvalue weighted by atomic mass is 16.6. The summed E-state index contributed by atoms with van der Waals surface area (Å²) in [5.41, 5.74) is 4.15. The van der Waals surface area contributed by atoms with E-state index < -0.39 is 5.60 Å². The molecule has 6 rings (SSSR count). The molecule has 5 aliphatic carbocycles. The van der Waals surface area contributed by atoms with E-state index >= 15 is 0 Å². The number of benzene rings is 1. The molecule has 0 aromatic heterocycles. The summed E-state index contributed by atoms with van der Waals surface area (Å²) in [7, 11) is 0. The lowest BCUT2D eigenvalue weighted by atomic mass is 9.41. The molecule has 2 nitrogen and oxygen atoms in total. The van der Waals surface area contributed by atoms with Gasteiger partial charge < -0.3 is 4.74 Å². The topological polar surface area (TPSA) is 26.3 Å². The Kier molecular flexibility index (Phi) is 6.29. The van der Waals surface area contributed by atoms with Crippen LogP contribution in [-0.4, -0.2) is 11.6 Å². The molecule has 8 atom stereocenters. The molecule has 4 fully saturated rings. The fourth-order valence-corrected chi connectivity index (χ4v) is 11.2. The number of fused-ring (bicyclic) bond motifs is 7. The molecule has 0 heterocycles. The van der Waals surface area contributed by atoms with Crippen molar-refractivity contribution >= 4 is 11.5 Å². The lowest BCUT2D eigenvalue weighted by molar-refractivity contribution is -0.127. The van der Waals surface area contributed by atoms with E-state index in [1.807, 2.05) is 32.9 Å². The summed E-state index contributed by atoms with van der Waals surface area (Å²) >= 11 is 0. The molecule has 1 aromatic rings. The van der Waals surface area contributed by atoms with Gasteiger partial charge in [0.15, 0.2) is 0 Å². The number of hydrogen-bond acceptors (Lipinski definition) is 2. The van der Waals surface area contributed by atoms with Gasteiger partial charge in [0.1, 0.15) is 5.60 Å². The van der Waals surface area contributed by atoms with Crippen molar-refractivity contribution in [1.82, 2.24) is 0 Å². The molecular weight excluding hydrogens is 464 g/mol. The van der Waals surface area contributed by atoms with Crippen molar-refractivity contribution in [2.75, 3.05) is 0 Å². The fourth-order valence-electron chi connectivity index (χ4n) is 11.2. The molecular formula is C36H52O2. The van der Waals surface area contributed by atoms with Gasteiger partial charge >= 0.3 is 5.97 Å². The van der Waals surface area contributed by atoms with Crippen LogP contribution in [0.5, 0.6) is 0 Å².